The molecule has 76 valence electrons. The highest BCUT2D eigenvalue weighted by atomic mass is 16.5. The van der Waals surface area contributed by atoms with Crippen LogP contribution in [0.25, 0.3) is 0 Å². The Morgan fingerprint density at radius 2 is 2.21 bits per heavy atom. The highest BCUT2D eigenvalue weighted by molar-refractivity contribution is 6.03. The lowest BCUT2D eigenvalue weighted by Gasteiger charge is -2.09. The number of hydrazone groups is 1. The van der Waals surface area contributed by atoms with E-state index in [0.717, 1.165) is 0 Å². The van der Waals surface area contributed by atoms with Crippen molar-refractivity contribution in [3.05, 3.63) is 23.8 Å². The van der Waals surface area contributed by atoms with Gasteiger partial charge in [-0.1, -0.05) is 6.07 Å². The van der Waals surface area contributed by atoms with Gasteiger partial charge >= 0.3 is 0 Å². The van der Waals surface area contributed by atoms with Gasteiger partial charge in [0.1, 0.15) is 11.5 Å². The van der Waals surface area contributed by atoms with Gasteiger partial charge in [0.2, 0.25) is 0 Å². The van der Waals surface area contributed by atoms with Gasteiger partial charge in [0, 0.05) is 7.05 Å². The minimum Gasteiger partial charge on any atom is -0.507 e. The molecule has 0 atom stereocenters. The molecule has 4 heteroatoms. The predicted octanol–water partition coefficient (Wildman–Crippen LogP) is 1.34. The quantitative estimate of drug-likeness (QED) is 0.564. The van der Waals surface area contributed by atoms with Crippen LogP contribution in [0, 0.1) is 0 Å². The van der Waals surface area contributed by atoms with Crippen molar-refractivity contribution < 1.29 is 9.84 Å². The number of nitrogens with one attached hydrogen (secondary N) is 1. The summed E-state index contributed by atoms with van der Waals surface area (Å²) >= 11 is 0. The Morgan fingerprint density at radius 1 is 1.50 bits per heavy atom. The normalized spacial score (nSPS) is 11.2. The molecule has 0 fully saturated rings. The standard InChI is InChI=1S/C10H14N2O2/c1-7(12-11-2)10-8(13)5-4-6-9(10)14-3/h4-6,11,13H,1-3H3/b12-7-. The van der Waals surface area contributed by atoms with E-state index >= 15 is 0 Å². The van der Waals surface area contributed by atoms with Gasteiger partial charge in [0.25, 0.3) is 0 Å². The van der Waals surface area contributed by atoms with Crippen molar-refractivity contribution >= 4 is 5.71 Å². The monoisotopic (exact) mass is 194 g/mol. The number of ether oxygens (including phenoxy) is 1. The van der Waals surface area contributed by atoms with Crippen LogP contribution < -0.4 is 10.2 Å². The molecular formula is C10H14N2O2. The van der Waals surface area contributed by atoms with Crippen molar-refractivity contribution in [1.82, 2.24) is 5.43 Å². The van der Waals surface area contributed by atoms with Gasteiger partial charge in [-0.25, -0.2) is 0 Å². The van der Waals surface area contributed by atoms with Crippen LogP contribution in [-0.2, 0) is 0 Å². The first-order chi connectivity index (χ1) is 6.70. The number of phenols is 1. The first kappa shape index (κ1) is 10.4. The lowest BCUT2D eigenvalue weighted by atomic mass is 10.1. The Morgan fingerprint density at radius 3 is 2.79 bits per heavy atom. The number of nitrogens with zero attached hydrogens (tertiary/aromatic N) is 1. The third-order valence-electron chi connectivity index (χ3n) is 1.87. The summed E-state index contributed by atoms with van der Waals surface area (Å²) in [5.41, 5.74) is 3.96. The molecule has 0 saturated carbocycles. The number of benzene rings is 1. The van der Waals surface area contributed by atoms with Gasteiger partial charge in [-0.3, -0.25) is 0 Å². The maximum atomic E-state index is 9.63. The minimum absolute atomic E-state index is 0.167. The number of hydrogen-bond acceptors (Lipinski definition) is 4. The van der Waals surface area contributed by atoms with E-state index in [0.29, 0.717) is 17.0 Å². The Bertz CT molecular complexity index is 348. The van der Waals surface area contributed by atoms with Crippen LogP contribution in [-0.4, -0.2) is 25.0 Å². The fraction of sp³-hybridized carbons (Fsp3) is 0.300. The van der Waals surface area contributed by atoms with Crippen LogP contribution in [0.4, 0.5) is 0 Å². The smallest absolute Gasteiger partial charge is 0.131 e. The van der Waals surface area contributed by atoms with E-state index in [1.165, 1.54) is 0 Å². The van der Waals surface area contributed by atoms with Crippen molar-refractivity contribution in [3.63, 3.8) is 0 Å². The molecule has 0 aliphatic heterocycles. The summed E-state index contributed by atoms with van der Waals surface area (Å²) < 4.78 is 5.13. The average molecular weight is 194 g/mol. The molecule has 0 heterocycles. The first-order valence-electron chi connectivity index (χ1n) is 4.28. The Kier molecular flexibility index (Phi) is 3.34. The fourth-order valence-electron chi connectivity index (χ4n) is 1.28. The van der Waals surface area contributed by atoms with E-state index in [-0.39, 0.29) is 5.75 Å². The second-order valence-corrected chi connectivity index (χ2v) is 2.78. The van der Waals surface area contributed by atoms with Gasteiger partial charge < -0.3 is 15.3 Å². The van der Waals surface area contributed by atoms with E-state index in [1.54, 1.807) is 39.3 Å². The summed E-state index contributed by atoms with van der Waals surface area (Å²) in [6.45, 7) is 1.80. The molecule has 0 aromatic heterocycles. The summed E-state index contributed by atoms with van der Waals surface area (Å²) in [5.74, 6) is 0.780. The highest BCUT2D eigenvalue weighted by Gasteiger charge is 2.10. The molecule has 0 saturated heterocycles. The van der Waals surface area contributed by atoms with Crippen molar-refractivity contribution in [3.8, 4) is 11.5 Å². The predicted molar refractivity (Wildman–Crippen MR) is 55.9 cm³/mol. The molecule has 1 aromatic rings. The number of hydrogen-bond donors (Lipinski definition) is 2. The van der Waals surface area contributed by atoms with Crippen LogP contribution in [0.2, 0.25) is 0 Å². The zero-order valence-electron chi connectivity index (χ0n) is 8.53. The molecule has 1 aromatic carbocycles. The third kappa shape index (κ3) is 1.96. The number of methoxy groups -OCH3 is 1. The topological polar surface area (TPSA) is 53.9 Å². The average Bonchev–Trinajstić information content (AvgIpc) is 2.17. The molecule has 0 spiro atoms. The van der Waals surface area contributed by atoms with Crippen molar-refractivity contribution in [2.24, 2.45) is 5.10 Å². The van der Waals surface area contributed by atoms with Crippen molar-refractivity contribution in [2.75, 3.05) is 14.2 Å². The van der Waals surface area contributed by atoms with Crippen LogP contribution >= 0.6 is 0 Å². The maximum Gasteiger partial charge on any atom is 0.131 e. The summed E-state index contributed by atoms with van der Waals surface area (Å²) in [5, 5.41) is 13.6. The van der Waals surface area contributed by atoms with E-state index < -0.39 is 0 Å². The Hall–Kier alpha value is -1.71. The van der Waals surface area contributed by atoms with Gasteiger partial charge in [-0.2, -0.15) is 5.10 Å². The highest BCUT2D eigenvalue weighted by Crippen LogP contribution is 2.27. The Labute approximate surface area is 83.2 Å². The fourth-order valence-corrected chi connectivity index (χ4v) is 1.28. The van der Waals surface area contributed by atoms with Crippen LogP contribution in [0.5, 0.6) is 11.5 Å². The number of aromatic hydroxyl groups is 1. The van der Waals surface area contributed by atoms with Gasteiger partial charge in [0.05, 0.1) is 18.4 Å². The minimum atomic E-state index is 0.167. The molecule has 0 aliphatic carbocycles. The second kappa shape index (κ2) is 4.50. The third-order valence-corrected chi connectivity index (χ3v) is 1.87. The van der Waals surface area contributed by atoms with Crippen LogP contribution in [0.1, 0.15) is 12.5 Å². The summed E-state index contributed by atoms with van der Waals surface area (Å²) in [7, 11) is 3.26. The lowest BCUT2D eigenvalue weighted by molar-refractivity contribution is 0.406. The number of rotatable bonds is 3. The summed E-state index contributed by atoms with van der Waals surface area (Å²) in [6.07, 6.45) is 0. The molecule has 0 unspecified atom stereocenters. The zero-order valence-corrected chi connectivity index (χ0v) is 8.53. The van der Waals surface area contributed by atoms with Crippen molar-refractivity contribution in [2.45, 2.75) is 6.92 Å². The molecule has 2 N–H and O–H groups in total. The zero-order chi connectivity index (χ0) is 10.6. The molecular weight excluding hydrogens is 180 g/mol. The van der Waals surface area contributed by atoms with Crippen LogP contribution in [0.15, 0.2) is 23.3 Å². The van der Waals surface area contributed by atoms with E-state index in [4.69, 9.17) is 4.74 Å². The van der Waals surface area contributed by atoms with Gasteiger partial charge in [-0.15, -0.1) is 0 Å². The lowest BCUT2D eigenvalue weighted by Crippen LogP contribution is -2.05. The van der Waals surface area contributed by atoms with Gasteiger partial charge in [0.15, 0.2) is 0 Å². The van der Waals surface area contributed by atoms with E-state index in [2.05, 4.69) is 10.5 Å². The summed E-state index contributed by atoms with van der Waals surface area (Å²) in [6, 6.07) is 5.11. The molecule has 4 nitrogen and oxygen atoms in total. The van der Waals surface area contributed by atoms with E-state index in [9.17, 15) is 5.11 Å². The Balaban J connectivity index is 3.23. The molecule has 0 aliphatic rings. The maximum absolute atomic E-state index is 9.63. The van der Waals surface area contributed by atoms with Gasteiger partial charge in [-0.05, 0) is 19.1 Å². The van der Waals surface area contributed by atoms with Crippen LogP contribution in [0.3, 0.4) is 0 Å². The van der Waals surface area contributed by atoms with Crippen molar-refractivity contribution in [1.29, 1.82) is 0 Å². The second-order valence-electron chi connectivity index (χ2n) is 2.78. The first-order valence-corrected chi connectivity index (χ1v) is 4.28. The number of phenolic OH excluding ortho intramolecular Hbond substituents is 1. The van der Waals surface area contributed by atoms with E-state index in [1.807, 2.05) is 0 Å². The SMILES string of the molecule is CN/N=C(/C)c1c(O)cccc1OC. The molecule has 1 rings (SSSR count). The molecule has 0 amide bonds. The molecule has 0 radical (unpaired) electrons. The molecule has 14 heavy (non-hydrogen) atoms. The largest absolute Gasteiger partial charge is 0.507 e. The summed E-state index contributed by atoms with van der Waals surface area (Å²) in [4.78, 5) is 0. The molecule has 0 bridgehead atoms.